The summed E-state index contributed by atoms with van der Waals surface area (Å²) in [5, 5.41) is 38.8. The highest BCUT2D eigenvalue weighted by Crippen LogP contribution is 2.32. The van der Waals surface area contributed by atoms with Crippen LogP contribution in [0.1, 0.15) is 12.5 Å². The third-order valence-electron chi connectivity index (χ3n) is 3.79. The molecule has 1 fully saturated rings. The topological polar surface area (TPSA) is 126 Å². The van der Waals surface area contributed by atoms with Gasteiger partial charge in [-0.25, -0.2) is 0 Å². The summed E-state index contributed by atoms with van der Waals surface area (Å²) in [6.45, 7) is 0.890. The summed E-state index contributed by atoms with van der Waals surface area (Å²) in [5.74, 6) is 0.454. The summed E-state index contributed by atoms with van der Waals surface area (Å²) in [4.78, 5) is 11.0. The molecule has 1 aliphatic heterocycles. The molecule has 0 amide bonds. The maximum Gasteiger partial charge on any atom is 0.229 e. The average Bonchev–Trinajstić information content (AvgIpc) is 2.60. The predicted molar refractivity (Wildman–Crippen MR) is 87.1 cm³/mol. The number of ketones is 1. The fraction of sp³-hybridized carbons (Fsp3) is 0.471. The van der Waals surface area contributed by atoms with E-state index in [9.17, 15) is 25.2 Å². The summed E-state index contributed by atoms with van der Waals surface area (Å²) < 4.78 is 16.1. The fourth-order valence-electron chi connectivity index (χ4n) is 2.39. The van der Waals surface area contributed by atoms with Gasteiger partial charge in [-0.15, -0.1) is 0 Å². The summed E-state index contributed by atoms with van der Waals surface area (Å²) >= 11 is 0. The lowest BCUT2D eigenvalue weighted by Gasteiger charge is -2.39. The zero-order chi connectivity index (χ0) is 18.6. The van der Waals surface area contributed by atoms with Crippen LogP contribution < -0.4 is 9.47 Å². The minimum Gasteiger partial charge on any atom is -0.493 e. The van der Waals surface area contributed by atoms with Crippen molar-refractivity contribution in [1.82, 2.24) is 0 Å². The summed E-state index contributed by atoms with van der Waals surface area (Å²) in [5.41, 5.74) is 0.702. The first-order valence-electron chi connectivity index (χ1n) is 7.71. The van der Waals surface area contributed by atoms with Crippen molar-refractivity contribution in [2.24, 2.45) is 0 Å². The molecule has 0 saturated carbocycles. The van der Waals surface area contributed by atoms with E-state index in [4.69, 9.17) is 14.2 Å². The quantitative estimate of drug-likeness (QED) is 0.503. The molecule has 1 aromatic rings. The number of allylic oxidation sites excluding steroid dienone is 1. The van der Waals surface area contributed by atoms with Gasteiger partial charge >= 0.3 is 0 Å². The molecule has 8 heteroatoms. The number of rotatable bonds is 6. The van der Waals surface area contributed by atoms with Gasteiger partial charge in [0.1, 0.15) is 24.4 Å². The Bertz CT molecular complexity index is 627. The molecular formula is C17H22O8. The van der Waals surface area contributed by atoms with E-state index >= 15 is 0 Å². The number of aliphatic hydroxyl groups is 4. The molecule has 25 heavy (non-hydrogen) atoms. The van der Waals surface area contributed by atoms with Crippen LogP contribution in [0.15, 0.2) is 24.3 Å². The van der Waals surface area contributed by atoms with Crippen molar-refractivity contribution < 1.29 is 39.4 Å². The summed E-state index contributed by atoms with van der Waals surface area (Å²) in [7, 11) is 1.42. The molecule has 1 aromatic carbocycles. The molecule has 1 aliphatic rings. The fourth-order valence-corrected chi connectivity index (χ4v) is 2.39. The molecule has 8 nitrogen and oxygen atoms in total. The second-order valence-corrected chi connectivity index (χ2v) is 5.67. The van der Waals surface area contributed by atoms with Crippen molar-refractivity contribution in [2.45, 2.75) is 37.6 Å². The SMILES string of the molecule is COc1cc(/C=C/C(C)=O)ccc1OC1OC(CO)C(O)C(O)C1O. The van der Waals surface area contributed by atoms with Crippen molar-refractivity contribution in [2.75, 3.05) is 13.7 Å². The van der Waals surface area contributed by atoms with Crippen LogP contribution in [0.4, 0.5) is 0 Å². The third kappa shape index (κ3) is 4.56. The van der Waals surface area contributed by atoms with Crippen LogP contribution in [0.25, 0.3) is 6.08 Å². The summed E-state index contributed by atoms with van der Waals surface area (Å²) in [6, 6.07) is 4.85. The highest BCUT2D eigenvalue weighted by molar-refractivity contribution is 5.91. The van der Waals surface area contributed by atoms with Gasteiger partial charge < -0.3 is 34.6 Å². The maximum atomic E-state index is 11.0. The van der Waals surface area contributed by atoms with Gasteiger partial charge in [-0.05, 0) is 30.7 Å². The number of ether oxygens (including phenoxy) is 3. The van der Waals surface area contributed by atoms with E-state index in [1.165, 1.54) is 20.1 Å². The lowest BCUT2D eigenvalue weighted by molar-refractivity contribution is -0.277. The van der Waals surface area contributed by atoms with Crippen molar-refractivity contribution >= 4 is 11.9 Å². The van der Waals surface area contributed by atoms with E-state index in [-0.39, 0.29) is 11.5 Å². The van der Waals surface area contributed by atoms with E-state index in [1.54, 1.807) is 24.3 Å². The number of hydrogen-bond acceptors (Lipinski definition) is 8. The Balaban J connectivity index is 2.19. The number of carbonyl (C=O) groups excluding carboxylic acids is 1. The highest BCUT2D eigenvalue weighted by Gasteiger charge is 2.44. The molecule has 1 saturated heterocycles. The van der Waals surface area contributed by atoms with Crippen LogP contribution in [0.2, 0.25) is 0 Å². The standard InChI is InChI=1S/C17H22O8/c1-9(19)3-4-10-5-6-11(12(7-10)23-2)24-17-16(22)15(21)14(20)13(8-18)25-17/h3-7,13-18,20-22H,8H2,1-2H3/b4-3+. The van der Waals surface area contributed by atoms with Crippen LogP contribution in [0, 0.1) is 0 Å². The van der Waals surface area contributed by atoms with Gasteiger partial charge in [0.2, 0.25) is 6.29 Å². The average molecular weight is 354 g/mol. The lowest BCUT2D eigenvalue weighted by atomic mass is 9.99. The normalized spacial score (nSPS) is 29.6. The molecule has 5 atom stereocenters. The molecule has 4 N–H and O–H groups in total. The van der Waals surface area contributed by atoms with Crippen LogP contribution in [0.3, 0.4) is 0 Å². The number of carbonyl (C=O) groups is 1. The Hall–Kier alpha value is -1.97. The van der Waals surface area contributed by atoms with Gasteiger partial charge in [-0.3, -0.25) is 4.79 Å². The number of hydrogen-bond donors (Lipinski definition) is 4. The third-order valence-corrected chi connectivity index (χ3v) is 3.79. The van der Waals surface area contributed by atoms with E-state index in [0.29, 0.717) is 11.3 Å². The number of aliphatic hydroxyl groups excluding tert-OH is 4. The van der Waals surface area contributed by atoms with Gasteiger partial charge in [-0.1, -0.05) is 12.1 Å². The Morgan fingerprint density at radius 1 is 1.20 bits per heavy atom. The molecule has 0 bridgehead atoms. The van der Waals surface area contributed by atoms with E-state index < -0.39 is 37.3 Å². The van der Waals surface area contributed by atoms with Gasteiger partial charge in [-0.2, -0.15) is 0 Å². The van der Waals surface area contributed by atoms with E-state index in [1.807, 2.05) is 0 Å². The van der Waals surface area contributed by atoms with Crippen LogP contribution in [0.5, 0.6) is 11.5 Å². The molecule has 0 aromatic heterocycles. The summed E-state index contributed by atoms with van der Waals surface area (Å²) in [6.07, 6.45) is -3.84. The van der Waals surface area contributed by atoms with Gasteiger partial charge in [0, 0.05) is 0 Å². The van der Waals surface area contributed by atoms with Crippen molar-refractivity contribution in [3.8, 4) is 11.5 Å². The largest absolute Gasteiger partial charge is 0.493 e. The number of methoxy groups -OCH3 is 1. The Labute approximate surface area is 144 Å². The van der Waals surface area contributed by atoms with E-state index in [0.717, 1.165) is 0 Å². The Morgan fingerprint density at radius 3 is 2.52 bits per heavy atom. The zero-order valence-corrected chi connectivity index (χ0v) is 13.9. The Morgan fingerprint density at radius 2 is 1.92 bits per heavy atom. The first kappa shape index (κ1) is 19.4. The molecule has 0 aliphatic carbocycles. The second kappa shape index (κ2) is 8.41. The molecule has 0 radical (unpaired) electrons. The van der Waals surface area contributed by atoms with Gasteiger partial charge in [0.25, 0.3) is 0 Å². The van der Waals surface area contributed by atoms with Crippen LogP contribution >= 0.6 is 0 Å². The predicted octanol–water partition coefficient (Wildman–Crippen LogP) is -0.524. The van der Waals surface area contributed by atoms with Crippen LogP contribution in [-0.4, -0.2) is 70.6 Å². The van der Waals surface area contributed by atoms with Crippen LogP contribution in [-0.2, 0) is 9.53 Å². The molecule has 1 heterocycles. The van der Waals surface area contributed by atoms with E-state index in [2.05, 4.69) is 0 Å². The maximum absolute atomic E-state index is 11.0. The zero-order valence-electron chi connectivity index (χ0n) is 13.9. The lowest BCUT2D eigenvalue weighted by Crippen LogP contribution is -2.60. The van der Waals surface area contributed by atoms with Gasteiger partial charge in [0.05, 0.1) is 13.7 Å². The molecule has 0 spiro atoms. The molecule has 2 rings (SSSR count). The molecule has 5 unspecified atom stereocenters. The smallest absolute Gasteiger partial charge is 0.229 e. The minimum absolute atomic E-state index is 0.0967. The monoisotopic (exact) mass is 354 g/mol. The van der Waals surface area contributed by atoms with Gasteiger partial charge in [0.15, 0.2) is 17.3 Å². The Kier molecular flexibility index (Phi) is 6.51. The first-order valence-corrected chi connectivity index (χ1v) is 7.71. The van der Waals surface area contributed by atoms with Crippen molar-refractivity contribution in [3.05, 3.63) is 29.8 Å². The minimum atomic E-state index is -1.53. The molecular weight excluding hydrogens is 332 g/mol. The van der Waals surface area contributed by atoms with Crippen molar-refractivity contribution in [3.63, 3.8) is 0 Å². The van der Waals surface area contributed by atoms with Crippen molar-refractivity contribution in [1.29, 1.82) is 0 Å². The first-order chi connectivity index (χ1) is 11.9. The second-order valence-electron chi connectivity index (χ2n) is 5.67. The molecule has 138 valence electrons. The number of benzene rings is 1. The highest BCUT2D eigenvalue weighted by atomic mass is 16.7.